The highest BCUT2D eigenvalue weighted by atomic mass is 16.3. The number of carbonyl (C=O) groups excluding carboxylic acids is 1. The number of nitrogens with zero attached hydrogens (tertiary/aromatic N) is 6. The zero-order chi connectivity index (χ0) is 17.4. The molecule has 0 bridgehead atoms. The molecule has 3 aromatic heterocycles. The summed E-state index contributed by atoms with van der Waals surface area (Å²) in [6.45, 7) is 6.29. The van der Waals surface area contributed by atoms with Gasteiger partial charge in [0.25, 0.3) is 5.91 Å². The van der Waals surface area contributed by atoms with E-state index in [1.54, 1.807) is 12.5 Å². The van der Waals surface area contributed by atoms with Gasteiger partial charge in [0.05, 0.1) is 12.1 Å². The molecule has 130 valence electrons. The predicted molar refractivity (Wildman–Crippen MR) is 88.7 cm³/mol. The number of hydrogen-bond donors (Lipinski definition) is 0. The number of fused-ring (bicyclic) bond motifs is 1. The highest BCUT2D eigenvalue weighted by Gasteiger charge is 2.28. The van der Waals surface area contributed by atoms with E-state index in [1.807, 2.05) is 35.7 Å². The molecule has 25 heavy (non-hydrogen) atoms. The van der Waals surface area contributed by atoms with Gasteiger partial charge in [-0.25, -0.2) is 9.97 Å². The summed E-state index contributed by atoms with van der Waals surface area (Å²) >= 11 is 0. The molecule has 1 atom stereocenters. The number of rotatable bonds is 3. The lowest BCUT2D eigenvalue weighted by molar-refractivity contribution is 0.0711. The first-order valence-electron chi connectivity index (χ1n) is 8.29. The maximum Gasteiger partial charge on any atom is 0.257 e. The second kappa shape index (κ2) is 6.19. The largest absolute Gasteiger partial charge is 0.466 e. The van der Waals surface area contributed by atoms with Gasteiger partial charge in [0.2, 0.25) is 0 Å². The topological polar surface area (TPSA) is 82.0 Å². The van der Waals surface area contributed by atoms with Crippen molar-refractivity contribution in [2.45, 2.75) is 33.5 Å². The van der Waals surface area contributed by atoms with E-state index in [1.165, 1.54) is 6.33 Å². The van der Waals surface area contributed by atoms with Gasteiger partial charge in [-0.15, -0.1) is 0 Å². The van der Waals surface area contributed by atoms with Gasteiger partial charge in [0.15, 0.2) is 0 Å². The van der Waals surface area contributed by atoms with Crippen molar-refractivity contribution in [1.29, 1.82) is 0 Å². The van der Waals surface area contributed by atoms with Crippen molar-refractivity contribution >= 4 is 5.91 Å². The molecule has 1 aliphatic rings. The van der Waals surface area contributed by atoms with Crippen LogP contribution in [0, 0.1) is 19.8 Å². The average molecular weight is 340 g/mol. The molecule has 0 aromatic carbocycles. The number of hydrogen-bond acceptors (Lipinski definition) is 5. The third-order valence-electron chi connectivity index (χ3n) is 4.54. The summed E-state index contributed by atoms with van der Waals surface area (Å²) in [7, 11) is 0. The molecule has 0 saturated carbocycles. The number of furan rings is 1. The van der Waals surface area contributed by atoms with Gasteiger partial charge in [-0.1, -0.05) is 0 Å². The van der Waals surface area contributed by atoms with E-state index >= 15 is 0 Å². The summed E-state index contributed by atoms with van der Waals surface area (Å²) in [5.41, 5.74) is 0.622. The van der Waals surface area contributed by atoms with E-state index in [4.69, 9.17) is 4.42 Å². The van der Waals surface area contributed by atoms with Crippen molar-refractivity contribution in [3.63, 3.8) is 0 Å². The number of aromatic nitrogens is 5. The first kappa shape index (κ1) is 15.6. The molecule has 4 heterocycles. The summed E-state index contributed by atoms with van der Waals surface area (Å²) in [6.07, 6.45) is 6.98. The smallest absolute Gasteiger partial charge is 0.257 e. The van der Waals surface area contributed by atoms with E-state index in [2.05, 4.69) is 19.6 Å². The lowest BCUT2D eigenvalue weighted by Crippen LogP contribution is -2.35. The van der Waals surface area contributed by atoms with Crippen LogP contribution >= 0.6 is 0 Å². The van der Waals surface area contributed by atoms with Crippen LogP contribution in [0.15, 0.2) is 35.5 Å². The molecule has 8 nitrogen and oxygen atoms in total. The summed E-state index contributed by atoms with van der Waals surface area (Å²) in [4.78, 5) is 23.3. The number of amides is 1. The van der Waals surface area contributed by atoms with Crippen LogP contribution in [0.25, 0.3) is 0 Å². The Morgan fingerprint density at radius 3 is 2.96 bits per heavy atom. The molecule has 0 fully saturated rings. The standard InChI is InChI=1S/C17H20N6O2/c1-12-5-15(13(2)25-12)17(24)22-7-14(8-23-11-18-10-20-23)6-21-4-3-19-16(21)9-22/h3-5,10-11,14H,6-9H2,1-2H3/t14-/m1/s1. The number of carbonyl (C=O) groups is 1. The Balaban J connectivity index is 1.62. The molecule has 0 saturated heterocycles. The highest BCUT2D eigenvalue weighted by molar-refractivity contribution is 5.95. The zero-order valence-corrected chi connectivity index (χ0v) is 14.3. The Labute approximate surface area is 145 Å². The van der Waals surface area contributed by atoms with Crippen LogP contribution in [-0.4, -0.2) is 41.7 Å². The average Bonchev–Trinajstić information content (AvgIpc) is 3.28. The Morgan fingerprint density at radius 2 is 2.24 bits per heavy atom. The quantitative estimate of drug-likeness (QED) is 0.724. The molecule has 1 amide bonds. The van der Waals surface area contributed by atoms with Crippen molar-refractivity contribution in [2.24, 2.45) is 5.92 Å². The van der Waals surface area contributed by atoms with E-state index in [-0.39, 0.29) is 11.8 Å². The predicted octanol–water partition coefficient (Wildman–Crippen LogP) is 1.66. The van der Waals surface area contributed by atoms with Crippen molar-refractivity contribution in [3.8, 4) is 0 Å². The fourth-order valence-corrected chi connectivity index (χ4v) is 3.42. The van der Waals surface area contributed by atoms with Gasteiger partial charge >= 0.3 is 0 Å². The van der Waals surface area contributed by atoms with Crippen LogP contribution in [0.1, 0.15) is 27.7 Å². The van der Waals surface area contributed by atoms with Gasteiger partial charge in [0, 0.05) is 37.9 Å². The first-order chi connectivity index (χ1) is 12.1. The van der Waals surface area contributed by atoms with Gasteiger partial charge in [0.1, 0.15) is 30.0 Å². The Hall–Kier alpha value is -2.90. The minimum absolute atomic E-state index is 0.0191. The van der Waals surface area contributed by atoms with E-state index < -0.39 is 0 Å². The Kier molecular flexibility index (Phi) is 3.87. The monoisotopic (exact) mass is 340 g/mol. The Morgan fingerprint density at radius 1 is 1.36 bits per heavy atom. The lowest BCUT2D eigenvalue weighted by atomic mass is 10.1. The van der Waals surface area contributed by atoms with Crippen LogP contribution in [-0.2, 0) is 19.6 Å². The SMILES string of the molecule is Cc1cc(C(=O)N2Cc3nccn3C[C@@H](Cn3cncn3)C2)c(C)o1. The molecule has 0 aliphatic carbocycles. The van der Waals surface area contributed by atoms with Crippen LogP contribution in [0.5, 0.6) is 0 Å². The van der Waals surface area contributed by atoms with Crippen molar-refractivity contribution in [3.05, 3.63) is 54.0 Å². The van der Waals surface area contributed by atoms with Gasteiger partial charge < -0.3 is 13.9 Å². The molecule has 3 aromatic rings. The molecule has 0 radical (unpaired) electrons. The number of imidazole rings is 1. The summed E-state index contributed by atoms with van der Waals surface area (Å²) < 4.78 is 9.46. The van der Waals surface area contributed by atoms with Crippen molar-refractivity contribution in [2.75, 3.05) is 6.54 Å². The summed E-state index contributed by atoms with van der Waals surface area (Å²) in [6, 6.07) is 1.81. The molecule has 0 unspecified atom stereocenters. The normalized spacial score (nSPS) is 17.4. The molecule has 0 spiro atoms. The second-order valence-electron chi connectivity index (χ2n) is 6.49. The highest BCUT2D eigenvalue weighted by Crippen LogP contribution is 2.22. The first-order valence-corrected chi connectivity index (χ1v) is 8.29. The lowest BCUT2D eigenvalue weighted by Gasteiger charge is -2.23. The second-order valence-corrected chi connectivity index (χ2v) is 6.49. The van der Waals surface area contributed by atoms with Crippen LogP contribution in [0.3, 0.4) is 0 Å². The van der Waals surface area contributed by atoms with E-state index in [9.17, 15) is 4.79 Å². The third-order valence-corrected chi connectivity index (χ3v) is 4.54. The van der Waals surface area contributed by atoms with Crippen LogP contribution in [0.4, 0.5) is 0 Å². The zero-order valence-electron chi connectivity index (χ0n) is 14.3. The molecule has 1 aliphatic heterocycles. The van der Waals surface area contributed by atoms with E-state index in [0.29, 0.717) is 31.0 Å². The minimum Gasteiger partial charge on any atom is -0.466 e. The van der Waals surface area contributed by atoms with Crippen LogP contribution in [0.2, 0.25) is 0 Å². The van der Waals surface area contributed by atoms with Gasteiger partial charge in [-0.3, -0.25) is 9.48 Å². The van der Waals surface area contributed by atoms with Crippen molar-refractivity contribution < 1.29 is 9.21 Å². The number of aryl methyl sites for hydroxylation is 2. The Bertz CT molecular complexity index is 879. The molecule has 8 heteroatoms. The van der Waals surface area contributed by atoms with Gasteiger partial charge in [-0.2, -0.15) is 5.10 Å². The third kappa shape index (κ3) is 3.07. The molecular formula is C17H20N6O2. The fraction of sp³-hybridized carbons (Fsp3) is 0.412. The minimum atomic E-state index is -0.0191. The van der Waals surface area contributed by atoms with Gasteiger partial charge in [-0.05, 0) is 19.9 Å². The molecule has 0 N–H and O–H groups in total. The van der Waals surface area contributed by atoms with E-state index in [0.717, 1.165) is 18.1 Å². The van der Waals surface area contributed by atoms with Crippen molar-refractivity contribution in [1.82, 2.24) is 29.2 Å². The fourth-order valence-electron chi connectivity index (χ4n) is 3.42. The van der Waals surface area contributed by atoms with Crippen LogP contribution < -0.4 is 0 Å². The summed E-state index contributed by atoms with van der Waals surface area (Å²) in [5, 5.41) is 4.19. The molecule has 4 rings (SSSR count). The molecular weight excluding hydrogens is 320 g/mol. The maximum atomic E-state index is 13.1. The maximum absolute atomic E-state index is 13.1. The summed E-state index contributed by atoms with van der Waals surface area (Å²) in [5.74, 6) is 2.50.